The van der Waals surface area contributed by atoms with Gasteiger partial charge in [0.1, 0.15) is 0 Å². The van der Waals surface area contributed by atoms with Crippen molar-refractivity contribution in [3.8, 4) is 0 Å². The van der Waals surface area contributed by atoms with E-state index in [1.165, 1.54) is 0 Å². The van der Waals surface area contributed by atoms with Crippen molar-refractivity contribution in [2.24, 2.45) is 10.9 Å². The van der Waals surface area contributed by atoms with Crippen LogP contribution in [-0.4, -0.2) is 59.6 Å². The molecule has 1 aromatic carbocycles. The molecule has 2 N–H and O–H groups in total. The van der Waals surface area contributed by atoms with E-state index in [1.807, 2.05) is 18.2 Å². The summed E-state index contributed by atoms with van der Waals surface area (Å²) in [5.41, 5.74) is 1.15. The zero-order chi connectivity index (χ0) is 18.5. The molecule has 1 aliphatic heterocycles. The number of hydrogen-bond donors (Lipinski definition) is 2. The first-order chi connectivity index (χ1) is 12.8. The third-order valence-corrected chi connectivity index (χ3v) is 4.59. The van der Waals surface area contributed by atoms with Gasteiger partial charge < -0.3 is 24.8 Å². The van der Waals surface area contributed by atoms with Crippen LogP contribution in [0.25, 0.3) is 0 Å². The number of hydrogen-bond acceptors (Lipinski definition) is 4. The summed E-state index contributed by atoms with van der Waals surface area (Å²) in [5.74, 6) is 1.45. The van der Waals surface area contributed by atoms with Gasteiger partial charge in [-0.1, -0.05) is 30.3 Å². The largest absolute Gasteiger partial charge is 0.381 e. The fraction of sp³-hybridized carbons (Fsp3) is 0.650. The fourth-order valence-corrected chi connectivity index (χ4v) is 2.96. The Morgan fingerprint density at radius 2 is 2.00 bits per heavy atom. The zero-order valence-electron chi connectivity index (χ0n) is 16.1. The molecule has 0 aromatic heterocycles. The fourth-order valence-electron chi connectivity index (χ4n) is 2.96. The van der Waals surface area contributed by atoms with E-state index in [1.54, 1.807) is 14.2 Å². The molecule has 146 valence electrons. The topological polar surface area (TPSA) is 64.1 Å². The average Bonchev–Trinajstić information content (AvgIpc) is 2.71. The lowest BCUT2D eigenvalue weighted by atomic mass is 10.0. The van der Waals surface area contributed by atoms with E-state index >= 15 is 0 Å². The van der Waals surface area contributed by atoms with E-state index in [0.717, 1.165) is 63.8 Å². The van der Waals surface area contributed by atoms with Crippen LogP contribution in [-0.2, 0) is 14.2 Å². The van der Waals surface area contributed by atoms with Crippen molar-refractivity contribution in [3.63, 3.8) is 0 Å². The summed E-state index contributed by atoms with van der Waals surface area (Å²) in [6.45, 7) is 4.87. The van der Waals surface area contributed by atoms with Crippen LogP contribution in [0.2, 0.25) is 0 Å². The minimum absolute atomic E-state index is 0.00226. The van der Waals surface area contributed by atoms with Gasteiger partial charge in [0.15, 0.2) is 5.96 Å². The molecule has 26 heavy (non-hydrogen) atoms. The Balaban J connectivity index is 1.57. The standard InChI is InChI=1S/C20H33N3O3/c1-21-20(23-15-19(24-2)18-7-4-3-5-8-18)22-11-6-12-26-16-17-9-13-25-14-10-17/h3-5,7-8,17,19H,6,9-16H2,1-2H3,(H2,21,22,23). The van der Waals surface area contributed by atoms with Crippen molar-refractivity contribution in [1.82, 2.24) is 10.6 Å². The summed E-state index contributed by atoms with van der Waals surface area (Å²) >= 11 is 0. The minimum atomic E-state index is -0.00226. The molecular weight excluding hydrogens is 330 g/mol. The van der Waals surface area contributed by atoms with Gasteiger partial charge >= 0.3 is 0 Å². The van der Waals surface area contributed by atoms with Crippen molar-refractivity contribution < 1.29 is 14.2 Å². The molecule has 0 spiro atoms. The third kappa shape index (κ3) is 7.72. The first kappa shape index (κ1) is 20.7. The van der Waals surface area contributed by atoms with E-state index in [-0.39, 0.29) is 6.10 Å². The van der Waals surface area contributed by atoms with Crippen molar-refractivity contribution in [3.05, 3.63) is 35.9 Å². The Bertz CT molecular complexity index is 504. The molecule has 6 heteroatoms. The van der Waals surface area contributed by atoms with Crippen LogP contribution in [0.15, 0.2) is 35.3 Å². The van der Waals surface area contributed by atoms with Crippen molar-refractivity contribution >= 4 is 5.96 Å². The Morgan fingerprint density at radius 3 is 2.69 bits per heavy atom. The molecule has 1 atom stereocenters. The second-order valence-electron chi connectivity index (χ2n) is 6.50. The molecule has 0 aliphatic carbocycles. The van der Waals surface area contributed by atoms with Gasteiger partial charge in [-0.25, -0.2) is 0 Å². The summed E-state index contributed by atoms with van der Waals surface area (Å²) in [6, 6.07) is 10.2. The van der Waals surface area contributed by atoms with E-state index in [0.29, 0.717) is 12.5 Å². The van der Waals surface area contributed by atoms with Gasteiger partial charge in [0.05, 0.1) is 6.10 Å². The number of aliphatic imine (C=N–C) groups is 1. The first-order valence-electron chi connectivity index (χ1n) is 9.51. The van der Waals surface area contributed by atoms with Gasteiger partial charge in [0.25, 0.3) is 0 Å². The van der Waals surface area contributed by atoms with Crippen LogP contribution in [0, 0.1) is 5.92 Å². The summed E-state index contributed by atoms with van der Waals surface area (Å²) in [6.07, 6.45) is 3.20. The van der Waals surface area contributed by atoms with E-state index in [9.17, 15) is 0 Å². The highest BCUT2D eigenvalue weighted by Crippen LogP contribution is 2.15. The summed E-state index contributed by atoms with van der Waals surface area (Å²) in [7, 11) is 3.51. The van der Waals surface area contributed by atoms with Crippen molar-refractivity contribution in [2.75, 3.05) is 53.7 Å². The van der Waals surface area contributed by atoms with Gasteiger partial charge in [-0.15, -0.1) is 0 Å². The highest BCUT2D eigenvalue weighted by atomic mass is 16.5. The lowest BCUT2D eigenvalue weighted by Gasteiger charge is -2.21. The number of nitrogens with zero attached hydrogens (tertiary/aromatic N) is 1. The second-order valence-corrected chi connectivity index (χ2v) is 6.50. The maximum absolute atomic E-state index is 5.79. The molecular formula is C20H33N3O3. The lowest BCUT2D eigenvalue weighted by molar-refractivity contribution is 0.0203. The van der Waals surface area contributed by atoms with Crippen LogP contribution < -0.4 is 10.6 Å². The molecule has 0 amide bonds. The van der Waals surface area contributed by atoms with Crippen molar-refractivity contribution in [2.45, 2.75) is 25.4 Å². The SMILES string of the molecule is CN=C(NCCCOCC1CCOCC1)NCC(OC)c1ccccc1. The molecule has 6 nitrogen and oxygen atoms in total. The Morgan fingerprint density at radius 1 is 1.23 bits per heavy atom. The van der Waals surface area contributed by atoms with Crippen LogP contribution in [0.1, 0.15) is 30.9 Å². The van der Waals surface area contributed by atoms with Crippen LogP contribution in [0.4, 0.5) is 0 Å². The van der Waals surface area contributed by atoms with Gasteiger partial charge in [-0.3, -0.25) is 4.99 Å². The zero-order valence-corrected chi connectivity index (χ0v) is 16.1. The maximum Gasteiger partial charge on any atom is 0.191 e. The van der Waals surface area contributed by atoms with Crippen LogP contribution in [0.3, 0.4) is 0 Å². The molecule has 1 aliphatic rings. The van der Waals surface area contributed by atoms with Gasteiger partial charge in [0.2, 0.25) is 0 Å². The molecule has 0 radical (unpaired) electrons. The molecule has 1 heterocycles. The van der Waals surface area contributed by atoms with E-state index in [4.69, 9.17) is 14.2 Å². The number of nitrogens with one attached hydrogen (secondary N) is 2. The smallest absolute Gasteiger partial charge is 0.191 e. The predicted octanol–water partition coefficient (Wildman–Crippen LogP) is 2.37. The number of benzene rings is 1. The normalized spacial score (nSPS) is 17.1. The molecule has 1 unspecified atom stereocenters. The van der Waals surface area contributed by atoms with E-state index < -0.39 is 0 Å². The molecule has 0 saturated carbocycles. The van der Waals surface area contributed by atoms with Gasteiger partial charge in [-0.2, -0.15) is 0 Å². The van der Waals surface area contributed by atoms with E-state index in [2.05, 4.69) is 27.8 Å². The lowest BCUT2D eigenvalue weighted by Crippen LogP contribution is -2.40. The monoisotopic (exact) mass is 363 g/mol. The quantitative estimate of drug-likeness (QED) is 0.380. The minimum Gasteiger partial charge on any atom is -0.381 e. The highest BCUT2D eigenvalue weighted by Gasteiger charge is 2.13. The van der Waals surface area contributed by atoms with Crippen molar-refractivity contribution in [1.29, 1.82) is 0 Å². The first-order valence-corrected chi connectivity index (χ1v) is 9.51. The maximum atomic E-state index is 5.79. The van der Waals surface area contributed by atoms with Gasteiger partial charge in [0, 0.05) is 53.7 Å². The molecule has 1 aromatic rings. The van der Waals surface area contributed by atoms with Gasteiger partial charge in [-0.05, 0) is 30.7 Å². The third-order valence-electron chi connectivity index (χ3n) is 4.59. The van der Waals surface area contributed by atoms with Crippen LogP contribution in [0.5, 0.6) is 0 Å². The Labute approximate surface area is 157 Å². The summed E-state index contributed by atoms with van der Waals surface area (Å²) < 4.78 is 16.7. The summed E-state index contributed by atoms with van der Waals surface area (Å²) in [4.78, 5) is 4.26. The molecule has 0 bridgehead atoms. The second kappa shape index (κ2) is 12.7. The number of guanidine groups is 1. The number of rotatable bonds is 10. The number of methoxy groups -OCH3 is 1. The molecule has 1 fully saturated rings. The van der Waals surface area contributed by atoms with Crippen LogP contribution >= 0.6 is 0 Å². The predicted molar refractivity (Wildman–Crippen MR) is 105 cm³/mol. The number of ether oxygens (including phenoxy) is 3. The highest BCUT2D eigenvalue weighted by molar-refractivity contribution is 5.79. The Hall–Kier alpha value is -1.63. The average molecular weight is 364 g/mol. The molecule has 2 rings (SSSR count). The summed E-state index contributed by atoms with van der Waals surface area (Å²) in [5, 5.41) is 6.64. The Kier molecular flexibility index (Phi) is 10.1. The molecule has 1 saturated heterocycles.